The van der Waals surface area contributed by atoms with Crippen molar-refractivity contribution in [2.45, 2.75) is 30.2 Å². The summed E-state index contributed by atoms with van der Waals surface area (Å²) >= 11 is 3.12. The van der Waals surface area contributed by atoms with E-state index in [1.165, 1.54) is 11.8 Å². The van der Waals surface area contributed by atoms with Gasteiger partial charge in [-0.3, -0.25) is 4.57 Å². The van der Waals surface area contributed by atoms with E-state index < -0.39 is 6.10 Å². The summed E-state index contributed by atoms with van der Waals surface area (Å²) in [6.45, 7) is 1.66. The number of para-hydroxylation sites is 1. The minimum atomic E-state index is -0.572. The second kappa shape index (κ2) is 9.67. The molecule has 1 N–H and O–H groups in total. The SMILES string of the molecule is O[C@@H](COC[C@H]1CCCO1)CSc1nnc(-c2cccs2)n1-c1ccccc1. The van der Waals surface area contributed by atoms with Crippen molar-refractivity contribution >= 4 is 23.1 Å². The second-order valence-corrected chi connectivity index (χ2v) is 8.53. The fraction of sp³-hybridized carbons (Fsp3) is 0.400. The topological polar surface area (TPSA) is 69.4 Å². The fourth-order valence-electron chi connectivity index (χ4n) is 3.07. The van der Waals surface area contributed by atoms with Crippen LogP contribution in [0.5, 0.6) is 0 Å². The average molecular weight is 418 g/mol. The third-order valence-electron chi connectivity index (χ3n) is 4.43. The van der Waals surface area contributed by atoms with Crippen LogP contribution >= 0.6 is 23.1 Å². The summed E-state index contributed by atoms with van der Waals surface area (Å²) in [4.78, 5) is 1.06. The maximum absolute atomic E-state index is 10.3. The molecule has 0 aliphatic carbocycles. The van der Waals surface area contributed by atoms with Gasteiger partial charge in [0.05, 0.1) is 30.3 Å². The Morgan fingerprint density at radius 3 is 2.89 bits per heavy atom. The fourth-order valence-corrected chi connectivity index (χ4v) is 4.62. The summed E-state index contributed by atoms with van der Waals surface area (Å²) in [5.74, 6) is 1.30. The van der Waals surface area contributed by atoms with Crippen LogP contribution in [0.2, 0.25) is 0 Å². The largest absolute Gasteiger partial charge is 0.390 e. The number of aromatic nitrogens is 3. The van der Waals surface area contributed by atoms with Gasteiger partial charge in [-0.2, -0.15) is 0 Å². The Balaban J connectivity index is 1.41. The number of hydrogen-bond donors (Lipinski definition) is 1. The highest BCUT2D eigenvalue weighted by Crippen LogP contribution is 2.30. The first-order valence-corrected chi connectivity index (χ1v) is 11.2. The van der Waals surface area contributed by atoms with E-state index in [9.17, 15) is 5.11 Å². The first-order chi connectivity index (χ1) is 13.8. The van der Waals surface area contributed by atoms with Gasteiger partial charge in [0.25, 0.3) is 0 Å². The summed E-state index contributed by atoms with van der Waals surface area (Å²) < 4.78 is 13.2. The molecule has 1 fully saturated rings. The monoisotopic (exact) mass is 417 g/mol. The molecule has 0 spiro atoms. The number of thioether (sulfide) groups is 1. The Morgan fingerprint density at radius 1 is 1.25 bits per heavy atom. The van der Waals surface area contributed by atoms with Crippen LogP contribution in [-0.4, -0.2) is 57.7 Å². The maximum Gasteiger partial charge on any atom is 0.196 e. The van der Waals surface area contributed by atoms with Gasteiger partial charge in [0.2, 0.25) is 0 Å². The molecule has 0 radical (unpaired) electrons. The molecule has 1 saturated heterocycles. The van der Waals surface area contributed by atoms with Crippen LogP contribution in [0, 0.1) is 0 Å². The molecule has 0 unspecified atom stereocenters. The number of rotatable bonds is 9. The van der Waals surface area contributed by atoms with E-state index in [-0.39, 0.29) is 6.10 Å². The smallest absolute Gasteiger partial charge is 0.196 e. The van der Waals surface area contributed by atoms with Crippen LogP contribution < -0.4 is 0 Å². The Hall–Kier alpha value is -1.71. The zero-order chi connectivity index (χ0) is 19.2. The van der Waals surface area contributed by atoms with Crippen molar-refractivity contribution in [3.05, 3.63) is 47.8 Å². The molecule has 148 valence electrons. The van der Waals surface area contributed by atoms with Gasteiger partial charge in [0, 0.05) is 18.0 Å². The van der Waals surface area contributed by atoms with Gasteiger partial charge in [-0.1, -0.05) is 36.0 Å². The van der Waals surface area contributed by atoms with Crippen LogP contribution in [-0.2, 0) is 9.47 Å². The molecule has 0 saturated carbocycles. The molecule has 28 heavy (non-hydrogen) atoms. The van der Waals surface area contributed by atoms with Crippen LogP contribution in [0.25, 0.3) is 16.4 Å². The predicted octanol–water partition coefficient (Wildman–Crippen LogP) is 3.64. The van der Waals surface area contributed by atoms with Crippen molar-refractivity contribution in [1.82, 2.24) is 14.8 Å². The van der Waals surface area contributed by atoms with E-state index in [0.717, 1.165) is 41.0 Å². The third kappa shape index (κ3) is 4.82. The van der Waals surface area contributed by atoms with Gasteiger partial charge < -0.3 is 14.6 Å². The highest BCUT2D eigenvalue weighted by Gasteiger charge is 2.19. The molecule has 2 aromatic heterocycles. The number of thiophene rings is 1. The second-order valence-electron chi connectivity index (χ2n) is 6.59. The van der Waals surface area contributed by atoms with Crippen LogP contribution in [0.3, 0.4) is 0 Å². The highest BCUT2D eigenvalue weighted by atomic mass is 32.2. The first kappa shape index (κ1) is 19.6. The Kier molecular flexibility index (Phi) is 6.77. The van der Waals surface area contributed by atoms with Gasteiger partial charge in [-0.15, -0.1) is 21.5 Å². The first-order valence-electron chi connectivity index (χ1n) is 9.36. The molecular formula is C20H23N3O3S2. The molecule has 0 amide bonds. The molecule has 8 heteroatoms. The molecule has 2 atom stereocenters. The molecular weight excluding hydrogens is 394 g/mol. The van der Waals surface area contributed by atoms with Crippen molar-refractivity contribution < 1.29 is 14.6 Å². The zero-order valence-electron chi connectivity index (χ0n) is 15.4. The Morgan fingerprint density at radius 2 is 2.14 bits per heavy atom. The van der Waals surface area contributed by atoms with Gasteiger partial charge in [-0.05, 0) is 36.4 Å². The van der Waals surface area contributed by atoms with Gasteiger partial charge in [-0.25, -0.2) is 0 Å². The Labute approximate surface area is 172 Å². The zero-order valence-corrected chi connectivity index (χ0v) is 17.1. The number of aliphatic hydroxyl groups excluding tert-OH is 1. The number of ether oxygens (including phenoxy) is 2. The van der Waals surface area contributed by atoms with Crippen molar-refractivity contribution in [2.75, 3.05) is 25.6 Å². The van der Waals surface area contributed by atoms with Crippen molar-refractivity contribution in [3.63, 3.8) is 0 Å². The molecule has 1 aromatic carbocycles. The molecule has 0 bridgehead atoms. The molecule has 4 rings (SSSR count). The van der Waals surface area contributed by atoms with Crippen LogP contribution in [0.15, 0.2) is 53.0 Å². The summed E-state index contributed by atoms with van der Waals surface area (Å²) in [5, 5.41) is 21.9. The van der Waals surface area contributed by atoms with Crippen molar-refractivity contribution in [2.24, 2.45) is 0 Å². The highest BCUT2D eigenvalue weighted by molar-refractivity contribution is 7.99. The summed E-state index contributed by atoms with van der Waals surface area (Å²) in [6.07, 6.45) is 1.73. The molecule has 3 aromatic rings. The van der Waals surface area contributed by atoms with E-state index in [1.807, 2.05) is 52.4 Å². The lowest BCUT2D eigenvalue weighted by atomic mass is 10.2. The average Bonchev–Trinajstić information content (AvgIpc) is 3.48. The normalized spacial score (nSPS) is 17.8. The number of hydrogen-bond acceptors (Lipinski definition) is 7. The van der Waals surface area contributed by atoms with Crippen molar-refractivity contribution in [3.8, 4) is 16.4 Å². The lowest BCUT2D eigenvalue weighted by molar-refractivity contribution is -0.0114. The lowest BCUT2D eigenvalue weighted by Crippen LogP contribution is -2.22. The number of benzene rings is 1. The maximum atomic E-state index is 10.3. The van der Waals surface area contributed by atoms with E-state index in [1.54, 1.807) is 11.3 Å². The van der Waals surface area contributed by atoms with Crippen molar-refractivity contribution in [1.29, 1.82) is 0 Å². The summed E-state index contributed by atoms with van der Waals surface area (Å²) in [7, 11) is 0. The van der Waals surface area contributed by atoms with Crippen LogP contribution in [0.1, 0.15) is 12.8 Å². The molecule has 1 aliphatic heterocycles. The van der Waals surface area contributed by atoms with E-state index in [4.69, 9.17) is 9.47 Å². The number of aliphatic hydroxyl groups is 1. The lowest BCUT2D eigenvalue weighted by Gasteiger charge is -2.14. The van der Waals surface area contributed by atoms with Gasteiger partial charge in [0.15, 0.2) is 11.0 Å². The molecule has 3 heterocycles. The minimum Gasteiger partial charge on any atom is -0.390 e. The third-order valence-corrected chi connectivity index (χ3v) is 6.37. The molecule has 6 nitrogen and oxygen atoms in total. The standard InChI is InChI=1S/C20H23N3O3S2/c24-16(12-25-13-17-8-4-10-26-17)14-28-20-22-21-19(18-9-5-11-27-18)23(20)15-6-2-1-3-7-15/h1-3,5-7,9,11,16-17,24H,4,8,10,12-14H2/t16-,17+/m0/s1. The van der Waals surface area contributed by atoms with Gasteiger partial charge >= 0.3 is 0 Å². The predicted molar refractivity (Wildman–Crippen MR) is 111 cm³/mol. The number of nitrogens with zero attached hydrogens (tertiary/aromatic N) is 3. The van der Waals surface area contributed by atoms with Gasteiger partial charge in [0.1, 0.15) is 0 Å². The quantitative estimate of drug-likeness (QED) is 0.536. The van der Waals surface area contributed by atoms with E-state index in [0.29, 0.717) is 19.0 Å². The minimum absolute atomic E-state index is 0.175. The van der Waals surface area contributed by atoms with E-state index >= 15 is 0 Å². The van der Waals surface area contributed by atoms with Crippen LogP contribution in [0.4, 0.5) is 0 Å². The summed E-state index contributed by atoms with van der Waals surface area (Å²) in [5.41, 5.74) is 1.00. The molecule has 1 aliphatic rings. The Bertz CT molecular complexity index is 849. The summed E-state index contributed by atoms with van der Waals surface area (Å²) in [6, 6.07) is 14.1. The van der Waals surface area contributed by atoms with E-state index in [2.05, 4.69) is 10.2 Å².